The Morgan fingerprint density at radius 1 is 0.522 bits per heavy atom. The molecule has 3 aromatic carbocycles. The molecule has 3 rings (SSSR count). The molecule has 112 valence electrons. The van der Waals surface area contributed by atoms with Crippen LogP contribution in [0.15, 0.2) is 72.8 Å². The summed E-state index contributed by atoms with van der Waals surface area (Å²) in [6, 6.07) is 25.6. The highest BCUT2D eigenvalue weighted by Crippen LogP contribution is 2.52. The van der Waals surface area contributed by atoms with E-state index in [1.807, 2.05) is 0 Å². The normalized spacial score (nSPS) is 11.4. The first-order valence-electron chi connectivity index (χ1n) is 7.91. The fourth-order valence-corrected chi connectivity index (χ4v) is 6.90. The average molecular weight is 315 g/mol. The molecule has 0 spiro atoms. The van der Waals surface area contributed by atoms with Gasteiger partial charge in [0, 0.05) is 0 Å². The Labute approximate surface area is 141 Å². The van der Waals surface area contributed by atoms with E-state index in [2.05, 4.69) is 93.6 Å². The van der Waals surface area contributed by atoms with E-state index in [1.54, 1.807) is 0 Å². The molecule has 0 fully saturated rings. The van der Waals surface area contributed by atoms with Gasteiger partial charge in [0.05, 0.1) is 23.1 Å². The molecule has 0 saturated heterocycles. The van der Waals surface area contributed by atoms with Crippen molar-refractivity contribution in [1.29, 1.82) is 0 Å². The molecule has 0 heterocycles. The van der Waals surface area contributed by atoms with E-state index in [-0.39, 0.29) is 0 Å². The lowest BCUT2D eigenvalue weighted by molar-refractivity contribution is 1.49. The van der Waals surface area contributed by atoms with Gasteiger partial charge in [-0.25, -0.2) is 0 Å². The molecule has 3 aromatic rings. The van der Waals surface area contributed by atoms with Crippen molar-refractivity contribution in [3.05, 3.63) is 89.5 Å². The standard InChI is InChI=1S/C21H21BP/c1-16-10-4-7-13-19(16)23(22,20-14-8-5-11-17(20)2)21-15-9-6-12-18(21)3/h4-15H,1-3H3/q+1. The zero-order chi connectivity index (χ0) is 16.4. The van der Waals surface area contributed by atoms with E-state index >= 15 is 0 Å². The van der Waals surface area contributed by atoms with Gasteiger partial charge in [-0.05, 0) is 55.7 Å². The van der Waals surface area contributed by atoms with E-state index in [9.17, 15) is 0 Å². The van der Waals surface area contributed by atoms with E-state index in [0.717, 1.165) is 0 Å². The first-order chi connectivity index (χ1) is 11.0. The van der Waals surface area contributed by atoms with Gasteiger partial charge in [-0.15, -0.1) is 0 Å². The number of hydrogen-bond acceptors (Lipinski definition) is 0. The van der Waals surface area contributed by atoms with Crippen LogP contribution in [0, 0.1) is 20.8 Å². The summed E-state index contributed by atoms with van der Waals surface area (Å²) >= 11 is 0. The Kier molecular flexibility index (Phi) is 4.42. The zero-order valence-corrected chi connectivity index (χ0v) is 14.8. The fourth-order valence-electron chi connectivity index (χ4n) is 3.27. The fraction of sp³-hybridized carbons (Fsp3) is 0.143. The van der Waals surface area contributed by atoms with Gasteiger partial charge in [-0.1, -0.05) is 54.6 Å². The maximum atomic E-state index is 7.28. The summed E-state index contributed by atoms with van der Waals surface area (Å²) in [6.07, 6.45) is 0. The van der Waals surface area contributed by atoms with Gasteiger partial charge in [0.2, 0.25) is 0 Å². The second kappa shape index (κ2) is 6.34. The summed E-state index contributed by atoms with van der Waals surface area (Å²) in [7, 11) is 5.14. The molecule has 2 heteroatoms. The van der Waals surface area contributed by atoms with Crippen molar-refractivity contribution in [3.8, 4) is 0 Å². The van der Waals surface area contributed by atoms with E-state index in [4.69, 9.17) is 7.57 Å². The molecular weight excluding hydrogens is 294 g/mol. The Bertz CT molecular complexity index is 728. The van der Waals surface area contributed by atoms with Crippen molar-refractivity contribution >= 4 is 30.6 Å². The van der Waals surface area contributed by atoms with Crippen molar-refractivity contribution in [2.45, 2.75) is 20.8 Å². The predicted octanol–water partition coefficient (Wildman–Crippen LogP) is 3.99. The second-order valence-electron chi connectivity index (χ2n) is 6.08. The average Bonchev–Trinajstić information content (AvgIpc) is 2.55. The topological polar surface area (TPSA) is 0 Å². The van der Waals surface area contributed by atoms with Crippen LogP contribution in [0.2, 0.25) is 0 Å². The van der Waals surface area contributed by atoms with Crippen LogP contribution >= 0.6 is 7.14 Å². The highest BCUT2D eigenvalue weighted by Gasteiger charge is 2.43. The monoisotopic (exact) mass is 315 g/mol. The smallest absolute Gasteiger partial charge is 0.0617 e. The molecule has 0 aromatic heterocycles. The van der Waals surface area contributed by atoms with Gasteiger partial charge >= 0.3 is 7.57 Å². The molecule has 2 radical (unpaired) electrons. The molecule has 0 atom stereocenters. The molecule has 0 bridgehead atoms. The molecule has 0 N–H and O–H groups in total. The van der Waals surface area contributed by atoms with Crippen molar-refractivity contribution in [2.24, 2.45) is 0 Å². The summed E-state index contributed by atoms with van der Waals surface area (Å²) in [6.45, 7) is 6.48. The summed E-state index contributed by atoms with van der Waals surface area (Å²) in [5, 5.41) is 3.80. The molecule has 0 saturated carbocycles. The van der Waals surface area contributed by atoms with E-state index in [1.165, 1.54) is 32.6 Å². The summed E-state index contributed by atoms with van der Waals surface area (Å²) in [5.74, 6) is 0. The number of aryl methyl sites for hydroxylation is 3. The summed E-state index contributed by atoms with van der Waals surface area (Å²) in [5.41, 5.74) is 3.78. The van der Waals surface area contributed by atoms with Crippen molar-refractivity contribution < 1.29 is 0 Å². The van der Waals surface area contributed by atoms with Gasteiger partial charge in [-0.3, -0.25) is 0 Å². The third-order valence-electron chi connectivity index (χ3n) is 4.49. The second-order valence-corrected chi connectivity index (χ2v) is 8.97. The first kappa shape index (κ1) is 16.0. The Morgan fingerprint density at radius 2 is 0.783 bits per heavy atom. The zero-order valence-electron chi connectivity index (χ0n) is 14.0. The van der Waals surface area contributed by atoms with Gasteiger partial charge in [0.1, 0.15) is 0 Å². The Hall–Kier alpha value is -1.85. The Balaban J connectivity index is 2.38. The van der Waals surface area contributed by atoms with Crippen LogP contribution < -0.4 is 15.9 Å². The van der Waals surface area contributed by atoms with Crippen LogP contribution in [-0.4, -0.2) is 7.57 Å². The maximum Gasteiger partial charge on any atom is 0.383 e. The third kappa shape index (κ3) is 2.75. The van der Waals surface area contributed by atoms with E-state index < -0.39 is 7.14 Å². The summed E-state index contributed by atoms with van der Waals surface area (Å²) < 4.78 is 0. The molecule has 23 heavy (non-hydrogen) atoms. The highest BCUT2D eigenvalue weighted by molar-refractivity contribution is 8.13. The van der Waals surface area contributed by atoms with Crippen molar-refractivity contribution in [3.63, 3.8) is 0 Å². The lowest BCUT2D eigenvalue weighted by atomic mass is 10.2. The quantitative estimate of drug-likeness (QED) is 0.506. The molecule has 0 aliphatic heterocycles. The van der Waals surface area contributed by atoms with Gasteiger partial charge in [-0.2, -0.15) is 0 Å². The molecule has 0 unspecified atom stereocenters. The lowest BCUT2D eigenvalue weighted by Crippen LogP contribution is -2.35. The number of benzene rings is 3. The predicted molar refractivity (Wildman–Crippen MR) is 105 cm³/mol. The molecular formula is C21H21BP+. The lowest BCUT2D eigenvalue weighted by Gasteiger charge is -2.27. The van der Waals surface area contributed by atoms with E-state index in [0.29, 0.717) is 0 Å². The largest absolute Gasteiger partial charge is 0.383 e. The maximum absolute atomic E-state index is 7.28. The molecule has 0 nitrogen and oxygen atoms in total. The summed E-state index contributed by atoms with van der Waals surface area (Å²) in [4.78, 5) is 0. The molecule has 0 aliphatic carbocycles. The van der Waals surface area contributed by atoms with Crippen LogP contribution in [0.5, 0.6) is 0 Å². The number of hydrogen-bond donors (Lipinski definition) is 0. The van der Waals surface area contributed by atoms with Gasteiger partial charge in [0.15, 0.2) is 0 Å². The van der Waals surface area contributed by atoms with Crippen LogP contribution in [-0.2, 0) is 0 Å². The first-order valence-corrected chi connectivity index (χ1v) is 9.77. The van der Waals surface area contributed by atoms with Crippen molar-refractivity contribution in [1.82, 2.24) is 0 Å². The Morgan fingerprint density at radius 3 is 1.04 bits per heavy atom. The third-order valence-corrected chi connectivity index (χ3v) is 8.27. The number of rotatable bonds is 3. The van der Waals surface area contributed by atoms with Gasteiger partial charge < -0.3 is 0 Å². The van der Waals surface area contributed by atoms with Crippen LogP contribution in [0.25, 0.3) is 0 Å². The molecule has 0 aliphatic rings. The minimum Gasteiger partial charge on any atom is -0.0617 e. The van der Waals surface area contributed by atoms with Gasteiger partial charge in [0.25, 0.3) is 0 Å². The highest BCUT2D eigenvalue weighted by atomic mass is 31.2. The molecule has 0 amide bonds. The SMILES string of the molecule is [B][P+](c1ccccc1C)(c1ccccc1C)c1ccccc1C. The minimum absolute atomic E-state index is 1.26. The van der Waals surface area contributed by atoms with Crippen LogP contribution in [0.1, 0.15) is 16.7 Å². The van der Waals surface area contributed by atoms with Crippen LogP contribution in [0.4, 0.5) is 0 Å². The minimum atomic E-state index is -2.14. The van der Waals surface area contributed by atoms with Crippen molar-refractivity contribution in [2.75, 3.05) is 0 Å². The van der Waals surface area contributed by atoms with Crippen LogP contribution in [0.3, 0.4) is 0 Å².